The standard InChI is InChI=1S/C24H14N6/c1-3-15-5-9-18(27-22(15)25-13-1)20-11-7-17-8-12-21(30-24(17)29-20)19-10-6-16-4-2-14-26-23(16)28-19/h1-14H. The molecule has 30 heavy (non-hydrogen) atoms. The van der Waals surface area contributed by atoms with Gasteiger partial charge in [-0.1, -0.05) is 0 Å². The van der Waals surface area contributed by atoms with Gasteiger partial charge in [-0.2, -0.15) is 0 Å². The van der Waals surface area contributed by atoms with Gasteiger partial charge < -0.3 is 0 Å². The van der Waals surface area contributed by atoms with Gasteiger partial charge in [-0.05, 0) is 72.8 Å². The lowest BCUT2D eigenvalue weighted by Gasteiger charge is -2.06. The molecule has 6 heteroatoms. The van der Waals surface area contributed by atoms with E-state index in [0.29, 0.717) is 16.9 Å². The molecule has 0 aliphatic heterocycles. The van der Waals surface area contributed by atoms with Crippen LogP contribution >= 0.6 is 0 Å². The van der Waals surface area contributed by atoms with Crippen molar-refractivity contribution in [3.63, 3.8) is 0 Å². The molecule has 0 saturated heterocycles. The summed E-state index contributed by atoms with van der Waals surface area (Å²) in [6.07, 6.45) is 3.48. The van der Waals surface area contributed by atoms with E-state index in [1.807, 2.05) is 72.8 Å². The Bertz CT molecular complexity index is 1450. The second-order valence-electron chi connectivity index (χ2n) is 6.93. The van der Waals surface area contributed by atoms with E-state index in [4.69, 9.17) is 9.97 Å². The lowest BCUT2D eigenvalue weighted by molar-refractivity contribution is 1.22. The van der Waals surface area contributed by atoms with E-state index in [2.05, 4.69) is 19.9 Å². The summed E-state index contributed by atoms with van der Waals surface area (Å²) in [5, 5.41) is 2.96. The Morgan fingerprint density at radius 3 is 1.17 bits per heavy atom. The largest absolute Gasteiger partial charge is 0.237 e. The van der Waals surface area contributed by atoms with Crippen molar-refractivity contribution in [1.29, 1.82) is 0 Å². The number of pyridine rings is 6. The molecular formula is C24H14N6. The van der Waals surface area contributed by atoms with Crippen molar-refractivity contribution in [1.82, 2.24) is 29.9 Å². The molecule has 0 unspecified atom stereocenters. The summed E-state index contributed by atoms with van der Waals surface area (Å²) in [6, 6.07) is 23.6. The van der Waals surface area contributed by atoms with Gasteiger partial charge in [0.2, 0.25) is 0 Å². The number of aromatic nitrogens is 6. The maximum Gasteiger partial charge on any atom is 0.160 e. The average Bonchev–Trinajstić information content (AvgIpc) is 2.82. The Morgan fingerprint density at radius 1 is 0.367 bits per heavy atom. The minimum atomic E-state index is 0.649. The summed E-state index contributed by atoms with van der Waals surface area (Å²) in [7, 11) is 0. The first-order valence-electron chi connectivity index (χ1n) is 9.56. The van der Waals surface area contributed by atoms with Crippen LogP contribution in [0.5, 0.6) is 0 Å². The number of hydrogen-bond acceptors (Lipinski definition) is 6. The van der Waals surface area contributed by atoms with Crippen LogP contribution < -0.4 is 0 Å². The van der Waals surface area contributed by atoms with E-state index in [9.17, 15) is 0 Å². The van der Waals surface area contributed by atoms with E-state index in [1.165, 1.54) is 0 Å². The number of hydrogen-bond donors (Lipinski definition) is 0. The quantitative estimate of drug-likeness (QED) is 0.423. The Balaban J connectivity index is 1.46. The summed E-state index contributed by atoms with van der Waals surface area (Å²) >= 11 is 0. The van der Waals surface area contributed by atoms with Crippen molar-refractivity contribution in [2.45, 2.75) is 0 Å². The molecule has 0 bridgehead atoms. The van der Waals surface area contributed by atoms with Crippen LogP contribution in [0.2, 0.25) is 0 Å². The highest BCUT2D eigenvalue weighted by Crippen LogP contribution is 2.24. The fraction of sp³-hybridized carbons (Fsp3) is 0. The second kappa shape index (κ2) is 6.63. The van der Waals surface area contributed by atoms with Gasteiger partial charge >= 0.3 is 0 Å². The summed E-state index contributed by atoms with van der Waals surface area (Å²) in [5.74, 6) is 0. The lowest BCUT2D eigenvalue weighted by atomic mass is 10.1. The summed E-state index contributed by atoms with van der Waals surface area (Å²) < 4.78 is 0. The van der Waals surface area contributed by atoms with Gasteiger partial charge in [0.1, 0.15) is 0 Å². The van der Waals surface area contributed by atoms with Crippen molar-refractivity contribution in [3.8, 4) is 22.8 Å². The summed E-state index contributed by atoms with van der Waals surface area (Å²) in [6.45, 7) is 0. The Hall–Kier alpha value is -4.32. The summed E-state index contributed by atoms with van der Waals surface area (Å²) in [5.41, 5.74) is 5.10. The molecule has 0 radical (unpaired) electrons. The molecule has 0 atom stereocenters. The van der Waals surface area contributed by atoms with Crippen LogP contribution in [-0.2, 0) is 0 Å². The van der Waals surface area contributed by atoms with Gasteiger partial charge in [-0.25, -0.2) is 29.9 Å². The first kappa shape index (κ1) is 16.6. The van der Waals surface area contributed by atoms with Crippen LogP contribution in [-0.4, -0.2) is 29.9 Å². The molecule has 0 amide bonds. The second-order valence-corrected chi connectivity index (χ2v) is 6.93. The number of rotatable bonds is 2. The van der Waals surface area contributed by atoms with Crippen molar-refractivity contribution in [2.24, 2.45) is 0 Å². The van der Waals surface area contributed by atoms with Crippen molar-refractivity contribution in [2.75, 3.05) is 0 Å². The highest BCUT2D eigenvalue weighted by atomic mass is 14.9. The zero-order chi connectivity index (χ0) is 19.9. The smallest absolute Gasteiger partial charge is 0.160 e. The lowest BCUT2D eigenvalue weighted by Crippen LogP contribution is -1.94. The van der Waals surface area contributed by atoms with Crippen LogP contribution in [0.3, 0.4) is 0 Å². The van der Waals surface area contributed by atoms with Gasteiger partial charge in [0.25, 0.3) is 0 Å². The van der Waals surface area contributed by atoms with Gasteiger partial charge in [-0.3, -0.25) is 0 Å². The highest BCUT2D eigenvalue weighted by molar-refractivity contribution is 5.83. The molecule has 140 valence electrons. The maximum atomic E-state index is 4.76. The van der Waals surface area contributed by atoms with Crippen molar-refractivity contribution < 1.29 is 0 Å². The third-order valence-electron chi connectivity index (χ3n) is 5.01. The molecule has 0 aromatic carbocycles. The zero-order valence-electron chi connectivity index (χ0n) is 15.8. The number of nitrogens with zero attached hydrogens (tertiary/aromatic N) is 6. The zero-order valence-corrected chi connectivity index (χ0v) is 15.8. The van der Waals surface area contributed by atoms with Crippen molar-refractivity contribution in [3.05, 3.63) is 85.2 Å². The minimum Gasteiger partial charge on any atom is -0.237 e. The molecule has 6 rings (SSSR count). The third-order valence-corrected chi connectivity index (χ3v) is 5.01. The predicted molar refractivity (Wildman–Crippen MR) is 117 cm³/mol. The molecule has 0 spiro atoms. The molecular weight excluding hydrogens is 372 g/mol. The molecule has 0 saturated carbocycles. The highest BCUT2D eigenvalue weighted by Gasteiger charge is 2.09. The number of fused-ring (bicyclic) bond motifs is 3. The molecule has 6 aromatic rings. The minimum absolute atomic E-state index is 0.649. The average molecular weight is 386 g/mol. The maximum absolute atomic E-state index is 4.76. The van der Waals surface area contributed by atoms with Crippen LogP contribution in [0.4, 0.5) is 0 Å². The molecule has 0 N–H and O–H groups in total. The fourth-order valence-electron chi connectivity index (χ4n) is 3.48. The first-order chi connectivity index (χ1) is 14.8. The predicted octanol–water partition coefficient (Wildman–Crippen LogP) is 4.85. The first-order valence-corrected chi connectivity index (χ1v) is 9.56. The fourth-order valence-corrected chi connectivity index (χ4v) is 3.48. The Labute approximate surface area is 171 Å². The Kier molecular flexibility index (Phi) is 3.67. The SMILES string of the molecule is c1cnc2nc(-c3ccc4ccc(-c5ccc6cccnc6n5)nc4n3)ccc2c1. The van der Waals surface area contributed by atoms with Gasteiger partial charge in [-0.15, -0.1) is 0 Å². The summed E-state index contributed by atoms with van der Waals surface area (Å²) in [4.78, 5) is 27.5. The van der Waals surface area contributed by atoms with Gasteiger partial charge in [0, 0.05) is 28.6 Å². The molecule has 6 nitrogen and oxygen atoms in total. The van der Waals surface area contributed by atoms with Gasteiger partial charge in [0.15, 0.2) is 16.9 Å². The van der Waals surface area contributed by atoms with Crippen LogP contribution in [0, 0.1) is 0 Å². The molecule has 0 fully saturated rings. The molecule has 6 aromatic heterocycles. The van der Waals surface area contributed by atoms with E-state index >= 15 is 0 Å². The topological polar surface area (TPSA) is 77.3 Å². The van der Waals surface area contributed by atoms with Crippen LogP contribution in [0.1, 0.15) is 0 Å². The van der Waals surface area contributed by atoms with Crippen LogP contribution in [0.15, 0.2) is 85.2 Å². The van der Waals surface area contributed by atoms with Crippen LogP contribution in [0.25, 0.3) is 55.9 Å². The molecule has 0 aliphatic carbocycles. The van der Waals surface area contributed by atoms with E-state index in [-0.39, 0.29) is 0 Å². The van der Waals surface area contributed by atoms with Crippen molar-refractivity contribution >= 4 is 33.1 Å². The monoisotopic (exact) mass is 386 g/mol. The van der Waals surface area contributed by atoms with E-state index in [1.54, 1.807) is 12.4 Å². The molecule has 6 heterocycles. The Morgan fingerprint density at radius 2 is 0.733 bits per heavy atom. The van der Waals surface area contributed by atoms with Gasteiger partial charge in [0.05, 0.1) is 22.8 Å². The molecule has 0 aliphatic rings. The van der Waals surface area contributed by atoms with E-state index < -0.39 is 0 Å². The van der Waals surface area contributed by atoms with E-state index in [0.717, 1.165) is 38.9 Å². The normalized spacial score (nSPS) is 11.3. The third kappa shape index (κ3) is 2.82.